The highest BCUT2D eigenvalue weighted by atomic mass is 16.1. The summed E-state index contributed by atoms with van der Waals surface area (Å²) in [7, 11) is 0. The molecule has 0 radical (unpaired) electrons. The van der Waals surface area contributed by atoms with Gasteiger partial charge < -0.3 is 9.88 Å². The monoisotopic (exact) mass is 316 g/mol. The Morgan fingerprint density at radius 2 is 1.71 bits per heavy atom. The number of aryl methyl sites for hydroxylation is 2. The van der Waals surface area contributed by atoms with Gasteiger partial charge in [-0.25, -0.2) is 0 Å². The number of aromatic nitrogens is 1. The predicted octanol–water partition coefficient (Wildman–Crippen LogP) is 4.15. The van der Waals surface area contributed by atoms with Gasteiger partial charge in [0.25, 0.3) is 0 Å². The van der Waals surface area contributed by atoms with Crippen LogP contribution in [-0.2, 0) is 24.1 Å². The number of fused-ring (bicyclic) bond motifs is 1. The summed E-state index contributed by atoms with van der Waals surface area (Å²) in [6.07, 6.45) is 7.92. The van der Waals surface area contributed by atoms with E-state index < -0.39 is 0 Å². The first-order valence-corrected chi connectivity index (χ1v) is 8.42. The van der Waals surface area contributed by atoms with E-state index in [4.69, 9.17) is 0 Å². The number of hydrogen-bond donors (Lipinski definition) is 1. The molecule has 3 nitrogen and oxygen atoms in total. The maximum absolute atomic E-state index is 12.3. The molecular formula is C21H20N2O. The van der Waals surface area contributed by atoms with Crippen molar-refractivity contribution in [1.82, 2.24) is 4.57 Å². The molecule has 1 aliphatic rings. The zero-order valence-corrected chi connectivity index (χ0v) is 13.5. The van der Waals surface area contributed by atoms with Gasteiger partial charge >= 0.3 is 0 Å². The normalized spacial score (nSPS) is 12.8. The molecular weight excluding hydrogens is 296 g/mol. The van der Waals surface area contributed by atoms with Crippen LogP contribution in [0.25, 0.3) is 5.69 Å². The first kappa shape index (κ1) is 14.8. The minimum Gasteiger partial charge on any atom is -0.326 e. The van der Waals surface area contributed by atoms with Crippen LogP contribution in [-0.4, -0.2) is 10.5 Å². The molecule has 0 atom stereocenters. The average molecular weight is 316 g/mol. The molecule has 3 aromatic rings. The van der Waals surface area contributed by atoms with Crippen molar-refractivity contribution in [3.05, 3.63) is 83.7 Å². The third-order valence-corrected chi connectivity index (χ3v) is 4.59. The maximum atomic E-state index is 12.3. The van der Waals surface area contributed by atoms with Crippen LogP contribution in [0.2, 0.25) is 0 Å². The fraction of sp³-hybridized carbons (Fsp3) is 0.190. The summed E-state index contributed by atoms with van der Waals surface area (Å²) in [6, 6.07) is 18.4. The Labute approximate surface area is 141 Å². The van der Waals surface area contributed by atoms with Gasteiger partial charge in [0.2, 0.25) is 5.91 Å². The summed E-state index contributed by atoms with van der Waals surface area (Å²) in [5.74, 6) is 0.0293. The fourth-order valence-electron chi connectivity index (χ4n) is 3.33. The molecule has 1 N–H and O–H groups in total. The lowest BCUT2D eigenvalue weighted by Gasteiger charge is -2.08. The van der Waals surface area contributed by atoms with Crippen LogP contribution in [0.1, 0.15) is 23.1 Å². The minimum absolute atomic E-state index is 0.0293. The molecule has 3 heteroatoms. The van der Waals surface area contributed by atoms with Gasteiger partial charge in [-0.3, -0.25) is 4.79 Å². The highest BCUT2D eigenvalue weighted by molar-refractivity contribution is 5.92. The molecule has 0 unspecified atom stereocenters. The van der Waals surface area contributed by atoms with Crippen molar-refractivity contribution in [1.29, 1.82) is 0 Å². The van der Waals surface area contributed by atoms with Crippen LogP contribution in [0.15, 0.2) is 67.0 Å². The number of anilines is 1. The second kappa shape index (κ2) is 6.36. The average Bonchev–Trinajstić information content (AvgIpc) is 3.26. The molecule has 0 aliphatic heterocycles. The molecule has 1 aromatic heterocycles. The molecule has 1 amide bonds. The van der Waals surface area contributed by atoms with Crippen molar-refractivity contribution in [2.45, 2.75) is 25.7 Å². The lowest BCUT2D eigenvalue weighted by Crippen LogP contribution is -2.14. The Balaban J connectivity index is 1.41. The SMILES string of the molecule is O=C(Cc1ccc(-n2cccc2)cc1)Nc1ccc2c(c1)CCC2. The summed E-state index contributed by atoms with van der Waals surface area (Å²) in [6.45, 7) is 0. The Hall–Kier alpha value is -2.81. The van der Waals surface area contributed by atoms with Crippen LogP contribution in [0.5, 0.6) is 0 Å². The van der Waals surface area contributed by atoms with Gasteiger partial charge in [0, 0.05) is 23.8 Å². The summed E-state index contributed by atoms with van der Waals surface area (Å²) >= 11 is 0. The van der Waals surface area contributed by atoms with Gasteiger partial charge in [-0.1, -0.05) is 18.2 Å². The molecule has 0 spiro atoms. The third kappa shape index (κ3) is 3.11. The highest BCUT2D eigenvalue weighted by Gasteiger charge is 2.12. The number of rotatable bonds is 4. The Bertz CT molecular complexity index is 848. The number of carbonyl (C=O) groups excluding carboxylic acids is 1. The Kier molecular flexibility index (Phi) is 3.91. The quantitative estimate of drug-likeness (QED) is 0.771. The van der Waals surface area contributed by atoms with Gasteiger partial charge in [0.15, 0.2) is 0 Å². The second-order valence-corrected chi connectivity index (χ2v) is 6.32. The topological polar surface area (TPSA) is 34.0 Å². The molecule has 120 valence electrons. The van der Waals surface area contributed by atoms with E-state index >= 15 is 0 Å². The number of nitrogens with one attached hydrogen (secondary N) is 1. The van der Waals surface area contributed by atoms with E-state index in [0.717, 1.165) is 29.8 Å². The third-order valence-electron chi connectivity index (χ3n) is 4.59. The summed E-state index contributed by atoms with van der Waals surface area (Å²) < 4.78 is 2.05. The van der Waals surface area contributed by atoms with Crippen molar-refractivity contribution >= 4 is 11.6 Å². The molecule has 1 aliphatic carbocycles. The Morgan fingerprint density at radius 1 is 0.958 bits per heavy atom. The van der Waals surface area contributed by atoms with Crippen molar-refractivity contribution in [3.63, 3.8) is 0 Å². The van der Waals surface area contributed by atoms with Crippen molar-refractivity contribution in [2.75, 3.05) is 5.32 Å². The smallest absolute Gasteiger partial charge is 0.228 e. The van der Waals surface area contributed by atoms with Crippen molar-refractivity contribution in [3.8, 4) is 5.69 Å². The van der Waals surface area contributed by atoms with Crippen LogP contribution < -0.4 is 5.32 Å². The number of carbonyl (C=O) groups is 1. The molecule has 4 rings (SSSR count). The first-order chi connectivity index (χ1) is 11.8. The van der Waals surface area contributed by atoms with E-state index in [1.165, 1.54) is 17.5 Å². The summed E-state index contributed by atoms with van der Waals surface area (Å²) in [5.41, 5.74) is 5.83. The lowest BCUT2D eigenvalue weighted by molar-refractivity contribution is -0.115. The van der Waals surface area contributed by atoms with Crippen LogP contribution in [0.4, 0.5) is 5.69 Å². The second-order valence-electron chi connectivity index (χ2n) is 6.32. The van der Waals surface area contributed by atoms with E-state index in [1.807, 2.05) is 59.4 Å². The standard InChI is InChI=1S/C21H20N2O/c24-21(22-19-9-8-17-4-3-5-18(17)15-19)14-16-6-10-20(11-7-16)23-12-1-2-13-23/h1-2,6-13,15H,3-5,14H2,(H,22,24). The van der Waals surface area contributed by atoms with Crippen LogP contribution >= 0.6 is 0 Å². The summed E-state index contributed by atoms with van der Waals surface area (Å²) in [5, 5.41) is 3.02. The van der Waals surface area contributed by atoms with E-state index in [9.17, 15) is 4.79 Å². The van der Waals surface area contributed by atoms with Crippen LogP contribution in [0, 0.1) is 0 Å². The zero-order chi connectivity index (χ0) is 16.4. The zero-order valence-electron chi connectivity index (χ0n) is 13.5. The summed E-state index contributed by atoms with van der Waals surface area (Å²) in [4.78, 5) is 12.3. The molecule has 2 aromatic carbocycles. The lowest BCUT2D eigenvalue weighted by atomic mass is 10.1. The molecule has 0 saturated carbocycles. The number of benzene rings is 2. The van der Waals surface area contributed by atoms with Crippen molar-refractivity contribution < 1.29 is 4.79 Å². The number of hydrogen-bond acceptors (Lipinski definition) is 1. The molecule has 0 saturated heterocycles. The largest absolute Gasteiger partial charge is 0.326 e. The fourth-order valence-corrected chi connectivity index (χ4v) is 3.33. The van der Waals surface area contributed by atoms with Crippen LogP contribution in [0.3, 0.4) is 0 Å². The molecule has 24 heavy (non-hydrogen) atoms. The van der Waals surface area contributed by atoms with E-state index in [0.29, 0.717) is 6.42 Å². The minimum atomic E-state index is 0.0293. The number of nitrogens with zero attached hydrogens (tertiary/aromatic N) is 1. The molecule has 1 heterocycles. The van der Waals surface area contributed by atoms with E-state index in [2.05, 4.69) is 17.4 Å². The van der Waals surface area contributed by atoms with E-state index in [1.54, 1.807) is 0 Å². The van der Waals surface area contributed by atoms with E-state index in [-0.39, 0.29) is 5.91 Å². The molecule has 0 fully saturated rings. The predicted molar refractivity (Wildman–Crippen MR) is 96.6 cm³/mol. The van der Waals surface area contributed by atoms with Crippen molar-refractivity contribution in [2.24, 2.45) is 0 Å². The van der Waals surface area contributed by atoms with Gasteiger partial charge in [-0.2, -0.15) is 0 Å². The number of amides is 1. The Morgan fingerprint density at radius 3 is 2.50 bits per heavy atom. The highest BCUT2D eigenvalue weighted by Crippen LogP contribution is 2.25. The first-order valence-electron chi connectivity index (χ1n) is 8.42. The molecule has 0 bridgehead atoms. The van der Waals surface area contributed by atoms with Gasteiger partial charge in [-0.15, -0.1) is 0 Å². The maximum Gasteiger partial charge on any atom is 0.228 e. The van der Waals surface area contributed by atoms with Gasteiger partial charge in [-0.05, 0) is 72.4 Å². The van der Waals surface area contributed by atoms with Gasteiger partial charge in [0.1, 0.15) is 0 Å². The van der Waals surface area contributed by atoms with Gasteiger partial charge in [0.05, 0.1) is 6.42 Å².